The van der Waals surface area contributed by atoms with Gasteiger partial charge in [0.1, 0.15) is 0 Å². The van der Waals surface area contributed by atoms with Gasteiger partial charge in [-0.2, -0.15) is 4.98 Å². The minimum Gasteiger partial charge on any atom is -0.334 e. The lowest BCUT2D eigenvalue weighted by Gasteiger charge is -1.97. The Labute approximate surface area is 119 Å². The summed E-state index contributed by atoms with van der Waals surface area (Å²) >= 11 is 0. The molecule has 0 radical (unpaired) electrons. The van der Waals surface area contributed by atoms with Crippen LogP contribution in [-0.4, -0.2) is 10.1 Å². The summed E-state index contributed by atoms with van der Waals surface area (Å²) in [5, 5.41) is 3.78. The van der Waals surface area contributed by atoms with E-state index in [1.54, 1.807) is 0 Å². The van der Waals surface area contributed by atoms with E-state index >= 15 is 0 Å². The van der Waals surface area contributed by atoms with Crippen LogP contribution in [0.5, 0.6) is 0 Å². The number of hydrogen-bond donors (Lipinski definition) is 1. The van der Waals surface area contributed by atoms with Crippen molar-refractivity contribution < 1.29 is 13.3 Å². The van der Waals surface area contributed by atoms with Crippen LogP contribution < -0.4 is 5.73 Å². The number of rotatable bonds is 3. The van der Waals surface area contributed by atoms with Gasteiger partial charge in [0.05, 0.1) is 0 Å². The van der Waals surface area contributed by atoms with Crippen molar-refractivity contribution in [3.8, 4) is 22.8 Å². The second-order valence-electron chi connectivity index (χ2n) is 4.45. The average Bonchev–Trinajstić information content (AvgIpc) is 3.00. The molecule has 2 aromatic carbocycles. The summed E-state index contributed by atoms with van der Waals surface area (Å²) in [6.07, 6.45) is 0. The fourth-order valence-electron chi connectivity index (χ4n) is 1.88. The molecule has 1 heterocycles. The van der Waals surface area contributed by atoms with E-state index in [0.717, 1.165) is 23.3 Å². The lowest BCUT2D eigenvalue weighted by molar-refractivity contribution is 0.432. The molecule has 1 aromatic heterocycles. The van der Waals surface area contributed by atoms with Crippen LogP contribution in [0.3, 0.4) is 0 Å². The van der Waals surface area contributed by atoms with Crippen molar-refractivity contribution in [2.45, 2.75) is 6.54 Å². The highest BCUT2D eigenvalue weighted by Gasteiger charge is 2.12. The van der Waals surface area contributed by atoms with Crippen molar-refractivity contribution in [3.05, 3.63) is 59.7 Å². The molecule has 21 heavy (non-hydrogen) atoms. The van der Waals surface area contributed by atoms with Crippen LogP contribution >= 0.6 is 0 Å². The molecule has 0 aliphatic rings. The van der Waals surface area contributed by atoms with Gasteiger partial charge in [-0.15, -0.1) is 0 Å². The van der Waals surface area contributed by atoms with Gasteiger partial charge in [-0.3, -0.25) is 0 Å². The summed E-state index contributed by atoms with van der Waals surface area (Å²) in [6.45, 7) is 0.449. The van der Waals surface area contributed by atoms with Gasteiger partial charge in [0.15, 0.2) is 11.6 Å². The van der Waals surface area contributed by atoms with Crippen LogP contribution in [0.4, 0.5) is 8.78 Å². The number of nitrogens with zero attached hydrogens (tertiary/aromatic N) is 2. The maximum absolute atomic E-state index is 13.2. The number of halogens is 2. The van der Waals surface area contributed by atoms with Gasteiger partial charge in [-0.1, -0.05) is 17.3 Å². The van der Waals surface area contributed by atoms with Crippen LogP contribution in [0.1, 0.15) is 5.56 Å². The fraction of sp³-hybridized carbons (Fsp3) is 0.0667. The monoisotopic (exact) mass is 287 g/mol. The van der Waals surface area contributed by atoms with E-state index in [2.05, 4.69) is 10.1 Å². The van der Waals surface area contributed by atoms with Crippen LogP contribution in [0.2, 0.25) is 0 Å². The van der Waals surface area contributed by atoms with Gasteiger partial charge in [-0.25, -0.2) is 8.78 Å². The minimum absolute atomic E-state index is 0.201. The zero-order valence-electron chi connectivity index (χ0n) is 10.9. The van der Waals surface area contributed by atoms with Crippen molar-refractivity contribution in [3.63, 3.8) is 0 Å². The molecular weight excluding hydrogens is 276 g/mol. The summed E-state index contributed by atoms with van der Waals surface area (Å²) in [7, 11) is 0. The van der Waals surface area contributed by atoms with Gasteiger partial charge in [0.2, 0.25) is 5.82 Å². The summed E-state index contributed by atoms with van der Waals surface area (Å²) in [5.41, 5.74) is 7.59. The normalized spacial score (nSPS) is 10.8. The topological polar surface area (TPSA) is 64.9 Å². The van der Waals surface area contributed by atoms with Crippen LogP contribution in [0.15, 0.2) is 47.0 Å². The average molecular weight is 287 g/mol. The van der Waals surface area contributed by atoms with Crippen LogP contribution in [0, 0.1) is 11.6 Å². The first kappa shape index (κ1) is 13.4. The highest BCUT2D eigenvalue weighted by atomic mass is 19.2. The third kappa shape index (κ3) is 2.66. The zero-order valence-corrected chi connectivity index (χ0v) is 10.9. The van der Waals surface area contributed by atoms with E-state index in [0.29, 0.717) is 18.0 Å². The van der Waals surface area contributed by atoms with Crippen molar-refractivity contribution in [2.75, 3.05) is 0 Å². The van der Waals surface area contributed by atoms with Crippen LogP contribution in [-0.2, 0) is 6.54 Å². The maximum Gasteiger partial charge on any atom is 0.258 e. The lowest BCUT2D eigenvalue weighted by atomic mass is 10.1. The summed E-state index contributed by atoms with van der Waals surface area (Å²) in [6, 6.07) is 10.8. The number of nitrogens with two attached hydrogens (primary N) is 1. The Balaban J connectivity index is 1.93. The SMILES string of the molecule is NCc1ccc(-c2nc(-c3ccc(F)c(F)c3)no2)cc1. The molecular formula is C15H11F2N3O. The molecule has 3 aromatic rings. The van der Waals surface area contributed by atoms with E-state index in [-0.39, 0.29) is 5.82 Å². The molecule has 0 spiro atoms. The maximum atomic E-state index is 13.2. The Bertz CT molecular complexity index is 769. The fourth-order valence-corrected chi connectivity index (χ4v) is 1.88. The molecule has 0 saturated heterocycles. The highest BCUT2D eigenvalue weighted by molar-refractivity contribution is 5.60. The second-order valence-corrected chi connectivity index (χ2v) is 4.45. The molecule has 0 saturated carbocycles. The smallest absolute Gasteiger partial charge is 0.258 e. The Hall–Kier alpha value is -2.60. The number of benzene rings is 2. The Kier molecular flexibility index (Phi) is 3.45. The Morgan fingerprint density at radius 1 is 0.952 bits per heavy atom. The quantitative estimate of drug-likeness (QED) is 0.803. The molecule has 4 nitrogen and oxygen atoms in total. The molecule has 6 heteroatoms. The molecule has 2 N–H and O–H groups in total. The second kappa shape index (κ2) is 5.41. The lowest BCUT2D eigenvalue weighted by Crippen LogP contribution is -1.95. The molecule has 3 rings (SSSR count). The molecule has 0 amide bonds. The highest BCUT2D eigenvalue weighted by Crippen LogP contribution is 2.23. The van der Waals surface area contributed by atoms with E-state index in [1.807, 2.05) is 24.3 Å². The molecule has 0 unspecified atom stereocenters. The van der Waals surface area contributed by atoms with Crippen molar-refractivity contribution >= 4 is 0 Å². The summed E-state index contributed by atoms with van der Waals surface area (Å²) < 4.78 is 31.3. The van der Waals surface area contributed by atoms with Gasteiger partial charge >= 0.3 is 0 Å². The van der Waals surface area contributed by atoms with Crippen molar-refractivity contribution in [2.24, 2.45) is 5.73 Å². The van der Waals surface area contributed by atoms with E-state index < -0.39 is 11.6 Å². The molecule has 0 atom stereocenters. The zero-order chi connectivity index (χ0) is 14.8. The number of aromatic nitrogens is 2. The van der Waals surface area contributed by atoms with Crippen LogP contribution in [0.25, 0.3) is 22.8 Å². The Morgan fingerprint density at radius 3 is 2.33 bits per heavy atom. The van der Waals surface area contributed by atoms with Crippen molar-refractivity contribution in [1.29, 1.82) is 0 Å². The first-order valence-electron chi connectivity index (χ1n) is 6.26. The predicted molar refractivity (Wildman–Crippen MR) is 73.0 cm³/mol. The van der Waals surface area contributed by atoms with Gasteiger partial charge in [-0.05, 0) is 35.9 Å². The molecule has 0 aliphatic heterocycles. The third-order valence-electron chi connectivity index (χ3n) is 3.04. The minimum atomic E-state index is -0.953. The molecule has 0 aliphatic carbocycles. The third-order valence-corrected chi connectivity index (χ3v) is 3.04. The van der Waals surface area contributed by atoms with E-state index in [9.17, 15) is 8.78 Å². The largest absolute Gasteiger partial charge is 0.334 e. The summed E-state index contributed by atoms with van der Waals surface area (Å²) in [5.74, 6) is -1.36. The first-order chi connectivity index (χ1) is 10.2. The van der Waals surface area contributed by atoms with Gasteiger partial charge in [0.25, 0.3) is 5.89 Å². The predicted octanol–water partition coefficient (Wildman–Crippen LogP) is 3.14. The molecule has 0 fully saturated rings. The van der Waals surface area contributed by atoms with Gasteiger partial charge in [0, 0.05) is 17.7 Å². The van der Waals surface area contributed by atoms with E-state index in [4.69, 9.17) is 10.3 Å². The molecule has 0 bridgehead atoms. The van der Waals surface area contributed by atoms with E-state index in [1.165, 1.54) is 6.07 Å². The van der Waals surface area contributed by atoms with Gasteiger partial charge < -0.3 is 10.3 Å². The standard InChI is InChI=1S/C15H11F2N3O/c16-12-6-5-11(7-13(12)17)14-19-15(21-20-14)10-3-1-9(8-18)2-4-10/h1-7H,8,18H2. The van der Waals surface area contributed by atoms with Crippen molar-refractivity contribution in [1.82, 2.24) is 10.1 Å². The Morgan fingerprint density at radius 2 is 1.67 bits per heavy atom. The number of hydrogen-bond acceptors (Lipinski definition) is 4. The first-order valence-corrected chi connectivity index (χ1v) is 6.26. The molecule has 106 valence electrons. The summed E-state index contributed by atoms with van der Waals surface area (Å²) in [4.78, 5) is 4.18.